The molecule has 0 aromatic carbocycles. The van der Waals surface area contributed by atoms with Crippen molar-refractivity contribution >= 4 is 49.8 Å². The first kappa shape index (κ1) is 29.3. The zero-order valence-corrected chi connectivity index (χ0v) is 25.0. The monoisotopic (exact) mass is 612 g/mol. The number of hydrogen-bond acceptors (Lipinski definition) is 11. The van der Waals surface area contributed by atoms with Crippen molar-refractivity contribution in [1.29, 1.82) is 0 Å². The summed E-state index contributed by atoms with van der Waals surface area (Å²) >= 11 is 1.08. The standard InChI is InChI=1S/C27H29FN8O4S2/c1-6-19(37)34-9-10-35(15(4)12-34)25-16-11-17(28)21(23-24(29)31-13-41-23)32-26(16)36(27(38)33-25)22-18(42(5,39)40)7-8-30-20(22)14(2)3/h6-8,11,13-15H,1,9-10,12,29H2,2-5H3/t15-/m0/s1. The maximum atomic E-state index is 15.8. The van der Waals surface area contributed by atoms with Gasteiger partial charge in [0.2, 0.25) is 5.91 Å². The molecule has 0 radical (unpaired) electrons. The van der Waals surface area contributed by atoms with Crippen molar-refractivity contribution in [1.82, 2.24) is 29.4 Å². The Hall–Kier alpha value is -4.24. The summed E-state index contributed by atoms with van der Waals surface area (Å²) in [5.41, 5.74) is 6.79. The van der Waals surface area contributed by atoms with Gasteiger partial charge in [-0.15, -0.1) is 11.3 Å². The summed E-state index contributed by atoms with van der Waals surface area (Å²) in [6, 6.07) is 2.23. The number of aromatic nitrogens is 5. The van der Waals surface area contributed by atoms with E-state index < -0.39 is 21.3 Å². The van der Waals surface area contributed by atoms with Crippen molar-refractivity contribution in [2.75, 3.05) is 36.5 Å². The van der Waals surface area contributed by atoms with E-state index in [9.17, 15) is 18.0 Å². The predicted molar refractivity (Wildman–Crippen MR) is 159 cm³/mol. The number of nitrogens with two attached hydrogens (primary N) is 1. The summed E-state index contributed by atoms with van der Waals surface area (Å²) in [6.07, 6.45) is 3.64. The molecule has 5 rings (SSSR count). The number of nitrogens with zero attached hydrogens (tertiary/aromatic N) is 7. The van der Waals surface area contributed by atoms with Crippen LogP contribution < -0.4 is 16.3 Å². The SMILES string of the molecule is C=CC(=O)N1CCN(c2nc(=O)n(-c3c(S(C)(=O)=O)ccnc3C(C)C)c3nc(-c4scnc4N)c(F)cc23)[C@@H](C)C1. The maximum absolute atomic E-state index is 15.8. The van der Waals surface area contributed by atoms with Gasteiger partial charge in [0.1, 0.15) is 17.3 Å². The number of fused-ring (bicyclic) bond motifs is 1. The van der Waals surface area contributed by atoms with Gasteiger partial charge in [-0.25, -0.2) is 32.1 Å². The van der Waals surface area contributed by atoms with Crippen LogP contribution in [0.2, 0.25) is 0 Å². The zero-order chi connectivity index (χ0) is 30.5. The molecule has 0 aliphatic carbocycles. The Bertz CT molecular complexity index is 1900. The van der Waals surface area contributed by atoms with Crippen LogP contribution in [-0.4, -0.2) is 75.7 Å². The quantitative estimate of drug-likeness (QED) is 0.321. The molecule has 4 aromatic rings. The van der Waals surface area contributed by atoms with Crippen LogP contribution in [0.1, 0.15) is 32.4 Å². The van der Waals surface area contributed by atoms with Gasteiger partial charge in [-0.05, 0) is 31.1 Å². The van der Waals surface area contributed by atoms with Crippen LogP contribution in [0, 0.1) is 5.82 Å². The predicted octanol–water partition coefficient (Wildman–Crippen LogP) is 2.77. The van der Waals surface area contributed by atoms with E-state index in [1.807, 2.05) is 25.7 Å². The number of carbonyl (C=O) groups excluding carboxylic acids is 1. The lowest BCUT2D eigenvalue weighted by Gasteiger charge is -2.40. The first-order valence-corrected chi connectivity index (χ1v) is 15.8. The highest BCUT2D eigenvalue weighted by atomic mass is 32.2. The van der Waals surface area contributed by atoms with Gasteiger partial charge in [-0.2, -0.15) is 4.98 Å². The molecule has 1 aliphatic heterocycles. The molecule has 5 heterocycles. The van der Waals surface area contributed by atoms with Crippen LogP contribution in [0.15, 0.2) is 46.2 Å². The molecule has 0 bridgehead atoms. The highest BCUT2D eigenvalue weighted by Gasteiger charge is 2.32. The van der Waals surface area contributed by atoms with E-state index >= 15 is 4.39 Å². The summed E-state index contributed by atoms with van der Waals surface area (Å²) in [7, 11) is -3.86. The molecule has 12 nitrogen and oxygen atoms in total. The number of sulfone groups is 1. The first-order valence-electron chi connectivity index (χ1n) is 13.0. The van der Waals surface area contributed by atoms with E-state index in [2.05, 4.69) is 26.5 Å². The average molecular weight is 613 g/mol. The molecule has 220 valence electrons. The smallest absolute Gasteiger partial charge is 0.355 e. The van der Waals surface area contributed by atoms with E-state index in [-0.39, 0.29) is 61.7 Å². The Morgan fingerprint density at radius 2 is 2.00 bits per heavy atom. The first-order chi connectivity index (χ1) is 19.8. The third-order valence-corrected chi connectivity index (χ3v) is 9.06. The van der Waals surface area contributed by atoms with Gasteiger partial charge in [0.25, 0.3) is 0 Å². The van der Waals surface area contributed by atoms with Crippen molar-refractivity contribution in [2.24, 2.45) is 0 Å². The second kappa shape index (κ2) is 10.9. The Morgan fingerprint density at radius 3 is 2.60 bits per heavy atom. The summed E-state index contributed by atoms with van der Waals surface area (Å²) in [5, 5.41) is 0.173. The fourth-order valence-electron chi connectivity index (χ4n) is 5.12. The van der Waals surface area contributed by atoms with E-state index in [0.29, 0.717) is 25.3 Å². The fourth-order valence-corrected chi connectivity index (χ4v) is 6.67. The van der Waals surface area contributed by atoms with E-state index in [1.54, 1.807) is 4.90 Å². The van der Waals surface area contributed by atoms with Crippen LogP contribution in [0.5, 0.6) is 0 Å². The number of carbonyl (C=O) groups is 1. The Labute approximate surface area is 245 Å². The molecular formula is C27H29FN8O4S2. The summed E-state index contributed by atoms with van der Waals surface area (Å²) in [6.45, 7) is 9.98. The summed E-state index contributed by atoms with van der Waals surface area (Å²) in [4.78, 5) is 47.1. The zero-order valence-electron chi connectivity index (χ0n) is 23.4. The molecule has 2 N–H and O–H groups in total. The van der Waals surface area contributed by atoms with Gasteiger partial charge in [0.15, 0.2) is 21.3 Å². The minimum Gasteiger partial charge on any atom is -0.382 e. The number of pyridine rings is 2. The van der Waals surface area contributed by atoms with E-state index in [4.69, 9.17) is 5.73 Å². The Morgan fingerprint density at radius 1 is 1.26 bits per heavy atom. The number of hydrogen-bond donors (Lipinski definition) is 1. The van der Waals surface area contributed by atoms with Gasteiger partial charge >= 0.3 is 5.69 Å². The molecule has 1 amide bonds. The summed E-state index contributed by atoms with van der Waals surface area (Å²) < 4.78 is 42.8. The summed E-state index contributed by atoms with van der Waals surface area (Å²) in [5.74, 6) is -1.02. The van der Waals surface area contributed by atoms with Crippen LogP contribution in [0.3, 0.4) is 0 Å². The lowest BCUT2D eigenvalue weighted by atomic mass is 10.1. The molecule has 0 spiro atoms. The van der Waals surface area contributed by atoms with Gasteiger partial charge in [-0.1, -0.05) is 20.4 Å². The van der Waals surface area contributed by atoms with Crippen LogP contribution in [0.25, 0.3) is 27.3 Å². The molecule has 1 fully saturated rings. The second-order valence-corrected chi connectivity index (χ2v) is 13.1. The number of halogens is 1. The van der Waals surface area contributed by atoms with Crippen LogP contribution >= 0.6 is 11.3 Å². The molecule has 1 saturated heterocycles. The van der Waals surface area contributed by atoms with Crippen LogP contribution in [-0.2, 0) is 14.6 Å². The number of amides is 1. The van der Waals surface area contributed by atoms with Crippen LogP contribution in [0.4, 0.5) is 16.0 Å². The van der Waals surface area contributed by atoms with Crippen molar-refractivity contribution in [3.63, 3.8) is 0 Å². The molecule has 1 aliphatic rings. The van der Waals surface area contributed by atoms with E-state index in [0.717, 1.165) is 22.2 Å². The third-order valence-electron chi connectivity index (χ3n) is 7.08. The second-order valence-electron chi connectivity index (χ2n) is 10.3. The molecule has 0 saturated carbocycles. The molecule has 15 heteroatoms. The maximum Gasteiger partial charge on any atom is 0.355 e. The molecule has 1 atom stereocenters. The highest BCUT2D eigenvalue weighted by Crippen LogP contribution is 2.36. The largest absolute Gasteiger partial charge is 0.382 e. The Balaban J connectivity index is 1.87. The third kappa shape index (κ3) is 5.02. The van der Waals surface area contributed by atoms with Gasteiger partial charge in [-0.3, -0.25) is 9.78 Å². The van der Waals surface area contributed by atoms with Gasteiger partial charge in [0, 0.05) is 38.1 Å². The molecule has 4 aromatic heterocycles. The fraction of sp³-hybridized carbons (Fsp3) is 0.333. The Kier molecular flexibility index (Phi) is 7.57. The van der Waals surface area contributed by atoms with Gasteiger partial charge in [0.05, 0.1) is 32.1 Å². The number of rotatable bonds is 6. The lowest BCUT2D eigenvalue weighted by molar-refractivity contribution is -0.126. The number of piperazine rings is 1. The number of anilines is 2. The van der Waals surface area contributed by atoms with E-state index in [1.165, 1.54) is 29.9 Å². The highest BCUT2D eigenvalue weighted by molar-refractivity contribution is 7.90. The van der Waals surface area contributed by atoms with Gasteiger partial charge < -0.3 is 15.5 Å². The topological polar surface area (TPSA) is 157 Å². The lowest BCUT2D eigenvalue weighted by Crippen LogP contribution is -2.54. The molecular weight excluding hydrogens is 583 g/mol. The molecule has 0 unspecified atom stereocenters. The van der Waals surface area contributed by atoms with Crippen molar-refractivity contribution in [2.45, 2.75) is 37.6 Å². The van der Waals surface area contributed by atoms with Crippen molar-refractivity contribution in [3.8, 4) is 16.3 Å². The molecule has 42 heavy (non-hydrogen) atoms. The number of thiazole rings is 1. The minimum atomic E-state index is -3.86. The normalized spacial score (nSPS) is 15.9. The number of nitrogen functional groups attached to an aromatic ring is 1. The van der Waals surface area contributed by atoms with Crippen molar-refractivity contribution < 1.29 is 17.6 Å². The van der Waals surface area contributed by atoms with Crippen molar-refractivity contribution in [3.05, 3.63) is 58.5 Å². The average Bonchev–Trinajstić information content (AvgIpc) is 3.36. The minimum absolute atomic E-state index is 0.000771.